The van der Waals surface area contributed by atoms with Crippen molar-refractivity contribution in [1.29, 1.82) is 0 Å². The molecule has 1 rings (SSSR count). The van der Waals surface area contributed by atoms with Gasteiger partial charge in [0.25, 0.3) is 0 Å². The summed E-state index contributed by atoms with van der Waals surface area (Å²) in [7, 11) is -1.85. The highest BCUT2D eigenvalue weighted by atomic mass is 32.1. The standard InChI is InChI=1S/C7H6BF3O3S/c9-7(10,11)14-5-3-4(8(12)13)1-2-6(5)15/h1-3,12-13,15H. The summed E-state index contributed by atoms with van der Waals surface area (Å²) >= 11 is 3.74. The van der Waals surface area contributed by atoms with E-state index in [0.29, 0.717) is 0 Å². The number of alkyl halides is 3. The third kappa shape index (κ3) is 3.65. The molecule has 0 saturated carbocycles. The van der Waals surface area contributed by atoms with Crippen molar-refractivity contribution in [3.8, 4) is 5.75 Å². The van der Waals surface area contributed by atoms with Crippen molar-refractivity contribution >= 4 is 25.2 Å². The van der Waals surface area contributed by atoms with Gasteiger partial charge in [-0.25, -0.2) is 0 Å². The fraction of sp³-hybridized carbons (Fsp3) is 0.143. The highest BCUT2D eigenvalue weighted by molar-refractivity contribution is 7.80. The maximum atomic E-state index is 11.9. The van der Waals surface area contributed by atoms with Crippen LogP contribution in [0, 0.1) is 0 Å². The molecule has 0 spiro atoms. The molecule has 0 saturated heterocycles. The van der Waals surface area contributed by atoms with Crippen molar-refractivity contribution in [2.45, 2.75) is 11.3 Å². The molecule has 0 fully saturated rings. The van der Waals surface area contributed by atoms with E-state index in [9.17, 15) is 13.2 Å². The molecule has 0 atom stereocenters. The molecule has 0 aliphatic carbocycles. The van der Waals surface area contributed by atoms with Crippen molar-refractivity contribution in [3.63, 3.8) is 0 Å². The lowest BCUT2D eigenvalue weighted by Gasteiger charge is -2.11. The molecule has 0 unspecified atom stereocenters. The van der Waals surface area contributed by atoms with Crippen LogP contribution < -0.4 is 10.2 Å². The maximum Gasteiger partial charge on any atom is 0.573 e. The van der Waals surface area contributed by atoms with Gasteiger partial charge in [-0.3, -0.25) is 0 Å². The Morgan fingerprint density at radius 1 is 1.27 bits per heavy atom. The van der Waals surface area contributed by atoms with Crippen LogP contribution in [0.1, 0.15) is 0 Å². The SMILES string of the molecule is OB(O)c1ccc(S)c(OC(F)(F)F)c1. The minimum Gasteiger partial charge on any atom is -0.423 e. The molecule has 0 aliphatic rings. The minimum atomic E-state index is -4.84. The van der Waals surface area contributed by atoms with Gasteiger partial charge in [-0.05, 0) is 17.6 Å². The summed E-state index contributed by atoms with van der Waals surface area (Å²) in [5.41, 5.74) is -0.105. The third-order valence-corrected chi connectivity index (χ3v) is 1.88. The fourth-order valence-corrected chi connectivity index (χ4v) is 1.08. The summed E-state index contributed by atoms with van der Waals surface area (Å²) in [4.78, 5) is -0.0447. The number of thiol groups is 1. The highest BCUT2D eigenvalue weighted by Crippen LogP contribution is 2.27. The Bertz CT molecular complexity index is 356. The molecule has 0 aliphatic heterocycles. The monoisotopic (exact) mass is 238 g/mol. The van der Waals surface area contributed by atoms with E-state index in [4.69, 9.17) is 10.0 Å². The molecule has 0 bridgehead atoms. The van der Waals surface area contributed by atoms with Crippen LogP contribution in [-0.2, 0) is 0 Å². The van der Waals surface area contributed by atoms with Crippen molar-refractivity contribution in [1.82, 2.24) is 0 Å². The highest BCUT2D eigenvalue weighted by Gasteiger charge is 2.32. The van der Waals surface area contributed by atoms with E-state index >= 15 is 0 Å². The molecule has 15 heavy (non-hydrogen) atoms. The van der Waals surface area contributed by atoms with Gasteiger partial charge in [-0.15, -0.1) is 25.8 Å². The smallest absolute Gasteiger partial charge is 0.423 e. The van der Waals surface area contributed by atoms with Crippen LogP contribution in [0.25, 0.3) is 0 Å². The van der Waals surface area contributed by atoms with Gasteiger partial charge in [0.15, 0.2) is 0 Å². The first-order valence-corrected chi connectivity index (χ1v) is 4.19. The quantitative estimate of drug-likeness (QED) is 0.521. The molecule has 0 amide bonds. The molecule has 0 heterocycles. The second-order valence-corrected chi connectivity index (χ2v) is 3.13. The first kappa shape index (κ1) is 12.2. The van der Waals surface area contributed by atoms with Gasteiger partial charge in [0.2, 0.25) is 0 Å². The molecular weight excluding hydrogens is 232 g/mol. The van der Waals surface area contributed by atoms with Crippen LogP contribution in [0.15, 0.2) is 23.1 Å². The van der Waals surface area contributed by atoms with Gasteiger partial charge in [-0.2, -0.15) is 0 Å². The Morgan fingerprint density at radius 3 is 2.33 bits per heavy atom. The largest absolute Gasteiger partial charge is 0.573 e. The summed E-state index contributed by atoms with van der Waals surface area (Å²) in [6, 6.07) is 3.27. The van der Waals surface area contributed by atoms with Crippen LogP contribution in [0.2, 0.25) is 0 Å². The zero-order chi connectivity index (χ0) is 11.6. The van der Waals surface area contributed by atoms with Crippen LogP contribution in [0.5, 0.6) is 5.75 Å². The van der Waals surface area contributed by atoms with Crippen LogP contribution in [-0.4, -0.2) is 23.5 Å². The van der Waals surface area contributed by atoms with Gasteiger partial charge in [0.05, 0.1) is 0 Å². The van der Waals surface area contributed by atoms with E-state index in [1.54, 1.807) is 0 Å². The summed E-state index contributed by atoms with van der Waals surface area (Å²) in [5.74, 6) is -0.573. The second-order valence-electron chi connectivity index (χ2n) is 2.65. The van der Waals surface area contributed by atoms with E-state index in [1.165, 1.54) is 12.1 Å². The molecule has 0 aromatic heterocycles. The fourth-order valence-electron chi connectivity index (χ4n) is 0.898. The lowest BCUT2D eigenvalue weighted by atomic mass is 9.80. The Labute approximate surface area is 89.0 Å². The summed E-state index contributed by atoms with van der Waals surface area (Å²) in [6.45, 7) is 0. The topological polar surface area (TPSA) is 49.7 Å². The van der Waals surface area contributed by atoms with Crippen molar-refractivity contribution < 1.29 is 28.0 Å². The summed E-state index contributed by atoms with van der Waals surface area (Å²) < 4.78 is 39.2. The molecule has 2 N–H and O–H groups in total. The van der Waals surface area contributed by atoms with Crippen molar-refractivity contribution in [2.75, 3.05) is 0 Å². The first-order valence-electron chi connectivity index (χ1n) is 3.74. The second kappa shape index (κ2) is 4.34. The minimum absolute atomic E-state index is 0.0447. The first-order chi connectivity index (χ1) is 6.79. The van der Waals surface area contributed by atoms with Crippen LogP contribution in [0.4, 0.5) is 13.2 Å². The van der Waals surface area contributed by atoms with Crippen molar-refractivity contribution in [3.05, 3.63) is 18.2 Å². The Balaban J connectivity index is 3.01. The lowest BCUT2D eigenvalue weighted by molar-refractivity contribution is -0.275. The van der Waals surface area contributed by atoms with E-state index in [2.05, 4.69) is 17.4 Å². The molecule has 8 heteroatoms. The third-order valence-electron chi connectivity index (χ3n) is 1.51. The number of rotatable bonds is 2. The van der Waals surface area contributed by atoms with Gasteiger partial charge in [0, 0.05) is 4.90 Å². The molecule has 1 aromatic rings. The molecule has 82 valence electrons. The average molecular weight is 238 g/mol. The molecule has 0 radical (unpaired) electrons. The Hall–Kier alpha value is -0.855. The molecular formula is C7H6BF3O3S. The zero-order valence-corrected chi connectivity index (χ0v) is 8.09. The van der Waals surface area contributed by atoms with Crippen LogP contribution >= 0.6 is 12.6 Å². The predicted molar refractivity (Wildman–Crippen MR) is 50.2 cm³/mol. The number of halogens is 3. The van der Waals surface area contributed by atoms with E-state index in [1.807, 2.05) is 0 Å². The van der Waals surface area contributed by atoms with E-state index in [-0.39, 0.29) is 10.4 Å². The van der Waals surface area contributed by atoms with Crippen molar-refractivity contribution in [2.24, 2.45) is 0 Å². The lowest BCUT2D eigenvalue weighted by Crippen LogP contribution is -2.30. The van der Waals surface area contributed by atoms with E-state index in [0.717, 1.165) is 6.07 Å². The Kier molecular flexibility index (Phi) is 3.53. The maximum absolute atomic E-state index is 11.9. The molecule has 1 aromatic carbocycles. The predicted octanol–water partition coefficient (Wildman–Crippen LogP) is 0.554. The van der Waals surface area contributed by atoms with Crippen LogP contribution in [0.3, 0.4) is 0 Å². The summed E-state index contributed by atoms with van der Waals surface area (Å²) in [5, 5.41) is 17.5. The van der Waals surface area contributed by atoms with Gasteiger partial charge in [0.1, 0.15) is 5.75 Å². The number of benzene rings is 1. The zero-order valence-electron chi connectivity index (χ0n) is 7.19. The number of hydrogen-bond acceptors (Lipinski definition) is 4. The van der Waals surface area contributed by atoms with Gasteiger partial charge < -0.3 is 14.8 Å². The summed E-state index contributed by atoms with van der Waals surface area (Å²) in [6.07, 6.45) is -4.84. The average Bonchev–Trinajstić information content (AvgIpc) is 2.06. The van der Waals surface area contributed by atoms with Gasteiger partial charge >= 0.3 is 13.5 Å². The number of hydrogen-bond donors (Lipinski definition) is 3. The molecule has 3 nitrogen and oxygen atoms in total. The normalized spacial score (nSPS) is 11.3. The van der Waals surface area contributed by atoms with Gasteiger partial charge in [-0.1, -0.05) is 6.07 Å². The number of ether oxygens (including phenoxy) is 1. The Morgan fingerprint density at radius 2 is 1.87 bits per heavy atom. The van der Waals surface area contributed by atoms with E-state index < -0.39 is 19.2 Å².